The molecule has 0 saturated heterocycles. The maximum atomic E-state index is 11.0. The molecule has 20 heavy (non-hydrogen) atoms. The smallest absolute Gasteiger partial charge is 0.268 e. The number of aromatic nitrogens is 3. The second-order valence-electron chi connectivity index (χ2n) is 4.09. The van der Waals surface area contributed by atoms with Gasteiger partial charge >= 0.3 is 0 Å². The molecule has 0 fully saturated rings. The van der Waals surface area contributed by atoms with Gasteiger partial charge in [-0.15, -0.1) is 22.7 Å². The van der Waals surface area contributed by atoms with Gasteiger partial charge in [-0.1, -0.05) is 0 Å². The number of hydrogen-bond acceptors (Lipinski definition) is 6. The first-order valence-corrected chi connectivity index (χ1v) is 7.53. The highest BCUT2D eigenvalue weighted by Gasteiger charge is 2.10. The molecular weight excluding hydrogens is 292 g/mol. The Kier molecular flexibility index (Phi) is 3.29. The van der Waals surface area contributed by atoms with E-state index in [9.17, 15) is 4.79 Å². The van der Waals surface area contributed by atoms with Crippen molar-refractivity contribution in [2.45, 2.75) is 6.92 Å². The third-order valence-corrected chi connectivity index (χ3v) is 4.31. The van der Waals surface area contributed by atoms with Crippen LogP contribution >= 0.6 is 22.7 Å². The Morgan fingerprint density at radius 3 is 2.55 bits per heavy atom. The van der Waals surface area contributed by atoms with Gasteiger partial charge in [-0.05, 0) is 19.1 Å². The molecule has 0 bridgehead atoms. The van der Waals surface area contributed by atoms with Gasteiger partial charge in [0.1, 0.15) is 10.7 Å². The minimum atomic E-state index is -0.518. The Balaban J connectivity index is 1.90. The van der Waals surface area contributed by atoms with Gasteiger partial charge in [0.2, 0.25) is 0 Å². The van der Waals surface area contributed by atoms with Gasteiger partial charge in [-0.3, -0.25) is 9.78 Å². The molecule has 7 heteroatoms. The fraction of sp³-hybridized carbons (Fsp3) is 0.0769. The SMILES string of the molecule is Cc1nc(-c2ccc(-c3nc(C(N)=O)cs3)cn2)cs1. The van der Waals surface area contributed by atoms with Gasteiger partial charge in [0, 0.05) is 22.5 Å². The highest BCUT2D eigenvalue weighted by Crippen LogP contribution is 2.25. The summed E-state index contributed by atoms with van der Waals surface area (Å²) in [7, 11) is 0. The summed E-state index contributed by atoms with van der Waals surface area (Å²) in [6, 6.07) is 3.82. The molecule has 100 valence electrons. The first kappa shape index (κ1) is 12.9. The van der Waals surface area contributed by atoms with E-state index in [0.717, 1.165) is 27.0 Å². The van der Waals surface area contributed by atoms with Crippen molar-refractivity contribution < 1.29 is 4.79 Å². The highest BCUT2D eigenvalue weighted by atomic mass is 32.1. The van der Waals surface area contributed by atoms with Crippen LogP contribution in [0.5, 0.6) is 0 Å². The van der Waals surface area contributed by atoms with E-state index >= 15 is 0 Å². The zero-order valence-corrected chi connectivity index (χ0v) is 12.2. The summed E-state index contributed by atoms with van der Waals surface area (Å²) in [5.41, 5.74) is 8.03. The van der Waals surface area contributed by atoms with Crippen LogP contribution in [-0.2, 0) is 0 Å². The molecule has 0 radical (unpaired) electrons. The number of hydrogen-bond donors (Lipinski definition) is 1. The van der Waals surface area contributed by atoms with Crippen molar-refractivity contribution >= 4 is 28.6 Å². The van der Waals surface area contributed by atoms with Crippen LogP contribution in [0.2, 0.25) is 0 Å². The van der Waals surface area contributed by atoms with Crippen LogP contribution in [0.1, 0.15) is 15.5 Å². The molecule has 3 rings (SSSR count). The summed E-state index contributed by atoms with van der Waals surface area (Å²) < 4.78 is 0. The minimum absolute atomic E-state index is 0.282. The lowest BCUT2D eigenvalue weighted by atomic mass is 10.2. The molecule has 3 heterocycles. The Morgan fingerprint density at radius 1 is 1.15 bits per heavy atom. The summed E-state index contributed by atoms with van der Waals surface area (Å²) in [6.07, 6.45) is 1.73. The summed E-state index contributed by atoms with van der Waals surface area (Å²) in [5, 5.41) is 5.37. The van der Waals surface area contributed by atoms with Gasteiger partial charge in [0.05, 0.1) is 16.4 Å². The van der Waals surface area contributed by atoms with Crippen molar-refractivity contribution in [3.05, 3.63) is 39.8 Å². The first-order valence-electron chi connectivity index (χ1n) is 5.78. The normalized spacial score (nSPS) is 10.7. The molecular formula is C13H10N4OS2. The third-order valence-electron chi connectivity index (χ3n) is 2.65. The van der Waals surface area contributed by atoms with Crippen LogP contribution in [0, 0.1) is 6.92 Å². The molecule has 0 aromatic carbocycles. The first-order chi connectivity index (χ1) is 9.63. The van der Waals surface area contributed by atoms with Crippen LogP contribution < -0.4 is 5.73 Å². The van der Waals surface area contributed by atoms with E-state index in [2.05, 4.69) is 15.0 Å². The van der Waals surface area contributed by atoms with E-state index in [1.165, 1.54) is 11.3 Å². The van der Waals surface area contributed by atoms with Crippen LogP contribution in [0.4, 0.5) is 0 Å². The number of nitrogens with two attached hydrogens (primary N) is 1. The van der Waals surface area contributed by atoms with E-state index in [1.54, 1.807) is 22.9 Å². The van der Waals surface area contributed by atoms with Gasteiger partial charge in [-0.25, -0.2) is 9.97 Å². The van der Waals surface area contributed by atoms with Crippen molar-refractivity contribution in [2.75, 3.05) is 0 Å². The molecule has 0 unspecified atom stereocenters. The number of pyridine rings is 1. The van der Waals surface area contributed by atoms with E-state index in [-0.39, 0.29) is 5.69 Å². The number of carbonyl (C=O) groups excluding carboxylic acids is 1. The summed E-state index contributed by atoms with van der Waals surface area (Å²) >= 11 is 2.96. The van der Waals surface area contributed by atoms with Gasteiger partial charge < -0.3 is 5.73 Å². The summed E-state index contributed by atoms with van der Waals surface area (Å²) in [6.45, 7) is 1.96. The summed E-state index contributed by atoms with van der Waals surface area (Å²) in [5.74, 6) is -0.518. The predicted octanol–water partition coefficient (Wildman–Crippen LogP) is 2.74. The molecule has 3 aromatic heterocycles. The lowest BCUT2D eigenvalue weighted by molar-refractivity contribution is 0.0996. The maximum Gasteiger partial charge on any atom is 0.268 e. The fourth-order valence-corrected chi connectivity index (χ4v) is 3.08. The second kappa shape index (κ2) is 5.10. The summed E-state index contributed by atoms with van der Waals surface area (Å²) in [4.78, 5) is 24.0. The molecule has 2 N–H and O–H groups in total. The van der Waals surface area contributed by atoms with Crippen molar-refractivity contribution in [3.63, 3.8) is 0 Å². The van der Waals surface area contributed by atoms with E-state index in [1.807, 2.05) is 24.4 Å². The van der Waals surface area contributed by atoms with Gasteiger partial charge in [0.15, 0.2) is 0 Å². The van der Waals surface area contributed by atoms with Crippen molar-refractivity contribution in [1.82, 2.24) is 15.0 Å². The maximum absolute atomic E-state index is 11.0. The number of rotatable bonds is 3. The van der Waals surface area contributed by atoms with E-state index in [0.29, 0.717) is 0 Å². The molecule has 0 aliphatic heterocycles. The Bertz CT molecular complexity index is 761. The monoisotopic (exact) mass is 302 g/mol. The highest BCUT2D eigenvalue weighted by molar-refractivity contribution is 7.13. The lowest BCUT2D eigenvalue weighted by Crippen LogP contribution is -2.10. The predicted molar refractivity (Wildman–Crippen MR) is 79.7 cm³/mol. The van der Waals surface area contributed by atoms with E-state index < -0.39 is 5.91 Å². The molecule has 0 atom stereocenters. The molecule has 0 aliphatic rings. The Labute approximate surface area is 123 Å². The number of carbonyl (C=O) groups is 1. The largest absolute Gasteiger partial charge is 0.364 e. The number of aryl methyl sites for hydroxylation is 1. The van der Waals surface area contributed by atoms with Crippen molar-refractivity contribution in [3.8, 4) is 22.0 Å². The molecule has 0 saturated carbocycles. The number of thiazole rings is 2. The van der Waals surface area contributed by atoms with E-state index in [4.69, 9.17) is 5.73 Å². The van der Waals surface area contributed by atoms with Gasteiger partial charge in [-0.2, -0.15) is 0 Å². The van der Waals surface area contributed by atoms with Gasteiger partial charge in [0.25, 0.3) is 5.91 Å². The van der Waals surface area contributed by atoms with Crippen LogP contribution in [0.15, 0.2) is 29.1 Å². The standard InChI is InChI=1S/C13H10N4OS2/c1-7-16-10(5-19-7)9-3-2-8(4-15-9)13-17-11(6-20-13)12(14)18/h2-6H,1H3,(H2,14,18). The molecule has 3 aromatic rings. The average molecular weight is 302 g/mol. The second-order valence-corrected chi connectivity index (χ2v) is 6.01. The Hall–Kier alpha value is -2.12. The van der Waals surface area contributed by atoms with Crippen LogP contribution in [-0.4, -0.2) is 20.9 Å². The average Bonchev–Trinajstić information content (AvgIpc) is 3.08. The fourth-order valence-electron chi connectivity index (χ4n) is 1.67. The third kappa shape index (κ3) is 2.45. The molecule has 0 aliphatic carbocycles. The zero-order chi connectivity index (χ0) is 14.1. The molecule has 0 spiro atoms. The molecule has 5 nitrogen and oxygen atoms in total. The van der Waals surface area contributed by atoms with Crippen molar-refractivity contribution in [2.24, 2.45) is 5.73 Å². The zero-order valence-electron chi connectivity index (χ0n) is 10.5. The lowest BCUT2D eigenvalue weighted by Gasteiger charge is -1.98. The topological polar surface area (TPSA) is 81.8 Å². The quantitative estimate of drug-likeness (QED) is 0.806. The van der Waals surface area contributed by atoms with Crippen LogP contribution in [0.3, 0.4) is 0 Å². The number of nitrogens with zero attached hydrogens (tertiary/aromatic N) is 3. The van der Waals surface area contributed by atoms with Crippen molar-refractivity contribution in [1.29, 1.82) is 0 Å². The number of amides is 1. The Morgan fingerprint density at radius 2 is 2.00 bits per heavy atom. The minimum Gasteiger partial charge on any atom is -0.364 e. The number of primary amides is 1. The molecule has 1 amide bonds. The van der Waals surface area contributed by atoms with Crippen LogP contribution in [0.25, 0.3) is 22.0 Å².